The lowest BCUT2D eigenvalue weighted by molar-refractivity contribution is 0.102. The van der Waals surface area contributed by atoms with Crippen LogP contribution in [0.4, 0.5) is 9.52 Å². The zero-order valence-electron chi connectivity index (χ0n) is 12.8. The smallest absolute Gasteiger partial charge is 0.257 e. The Labute approximate surface area is 147 Å². The number of carbonyl (C=O) groups excluding carboxylic acids is 1. The molecular weight excluding hydrogens is 339 g/mol. The van der Waals surface area contributed by atoms with Crippen molar-refractivity contribution in [1.29, 1.82) is 5.26 Å². The highest BCUT2D eigenvalue weighted by atomic mass is 32.1. The van der Waals surface area contributed by atoms with Crippen LogP contribution in [0.15, 0.2) is 54.6 Å². The number of carbonyl (C=O) groups is 1. The molecule has 1 N–H and O–H groups in total. The SMILES string of the molecule is N#CC(=Cc1ccc(F)cc1)c1nnc(NC(=O)c2ccccc2)s1. The monoisotopic (exact) mass is 350 g/mol. The summed E-state index contributed by atoms with van der Waals surface area (Å²) < 4.78 is 12.9. The highest BCUT2D eigenvalue weighted by molar-refractivity contribution is 7.16. The maximum atomic E-state index is 12.9. The zero-order valence-corrected chi connectivity index (χ0v) is 13.6. The van der Waals surface area contributed by atoms with Crippen molar-refractivity contribution in [2.45, 2.75) is 0 Å². The van der Waals surface area contributed by atoms with Gasteiger partial charge in [-0.25, -0.2) is 4.39 Å². The van der Waals surface area contributed by atoms with E-state index in [1.54, 1.807) is 42.5 Å². The standard InChI is InChI=1S/C18H11FN4OS/c19-15-8-6-12(7-9-15)10-14(11-20)17-22-23-18(25-17)21-16(24)13-4-2-1-3-5-13/h1-10H,(H,21,23,24). The van der Waals surface area contributed by atoms with Crippen LogP contribution in [0.5, 0.6) is 0 Å². The fraction of sp³-hybridized carbons (Fsp3) is 0. The molecule has 122 valence electrons. The molecule has 25 heavy (non-hydrogen) atoms. The number of rotatable bonds is 4. The van der Waals surface area contributed by atoms with E-state index in [4.69, 9.17) is 0 Å². The van der Waals surface area contributed by atoms with Crippen molar-refractivity contribution >= 4 is 34.0 Å². The summed E-state index contributed by atoms with van der Waals surface area (Å²) in [6.07, 6.45) is 1.59. The molecule has 7 heteroatoms. The predicted octanol–water partition coefficient (Wildman–Crippen LogP) is 3.99. The quantitative estimate of drug-likeness (QED) is 0.722. The van der Waals surface area contributed by atoms with Gasteiger partial charge in [0.2, 0.25) is 5.13 Å². The highest BCUT2D eigenvalue weighted by Gasteiger charge is 2.12. The molecule has 0 aliphatic heterocycles. The lowest BCUT2D eigenvalue weighted by Gasteiger charge is -1.99. The van der Waals surface area contributed by atoms with E-state index in [-0.39, 0.29) is 17.3 Å². The second-order valence-electron chi connectivity index (χ2n) is 4.95. The van der Waals surface area contributed by atoms with Gasteiger partial charge >= 0.3 is 0 Å². The molecule has 1 amide bonds. The van der Waals surface area contributed by atoms with Gasteiger partial charge in [0.25, 0.3) is 5.91 Å². The third kappa shape index (κ3) is 4.13. The molecule has 0 bridgehead atoms. The summed E-state index contributed by atoms with van der Waals surface area (Å²) in [5.74, 6) is -0.651. The van der Waals surface area contributed by atoms with Gasteiger partial charge in [-0.1, -0.05) is 41.7 Å². The Bertz CT molecular complexity index is 959. The number of benzene rings is 2. The minimum Gasteiger partial charge on any atom is -0.296 e. The molecule has 0 unspecified atom stereocenters. The Morgan fingerprint density at radius 1 is 1.12 bits per heavy atom. The molecular formula is C18H11FN4OS. The third-order valence-corrected chi connectivity index (χ3v) is 4.09. The van der Waals surface area contributed by atoms with Gasteiger partial charge < -0.3 is 0 Å². The molecule has 0 atom stereocenters. The molecule has 5 nitrogen and oxygen atoms in total. The van der Waals surface area contributed by atoms with E-state index < -0.39 is 0 Å². The molecule has 3 aromatic rings. The summed E-state index contributed by atoms with van der Waals surface area (Å²) in [7, 11) is 0. The van der Waals surface area contributed by atoms with Crippen LogP contribution in [0.25, 0.3) is 11.6 Å². The molecule has 0 radical (unpaired) electrons. The van der Waals surface area contributed by atoms with Crippen molar-refractivity contribution in [1.82, 2.24) is 10.2 Å². The van der Waals surface area contributed by atoms with E-state index in [1.165, 1.54) is 12.1 Å². The number of nitrogens with one attached hydrogen (secondary N) is 1. The Morgan fingerprint density at radius 2 is 1.84 bits per heavy atom. The highest BCUT2D eigenvalue weighted by Crippen LogP contribution is 2.24. The van der Waals surface area contributed by atoms with Crippen molar-refractivity contribution < 1.29 is 9.18 Å². The van der Waals surface area contributed by atoms with Crippen LogP contribution in [0.1, 0.15) is 20.9 Å². The van der Waals surface area contributed by atoms with Gasteiger partial charge in [-0.2, -0.15) is 5.26 Å². The fourth-order valence-corrected chi connectivity index (χ4v) is 2.71. The first-order valence-corrected chi connectivity index (χ1v) is 8.05. The number of allylic oxidation sites excluding steroid dienone is 1. The number of nitriles is 1. The molecule has 3 rings (SSSR count). The number of hydrogen-bond donors (Lipinski definition) is 1. The molecule has 1 heterocycles. The van der Waals surface area contributed by atoms with Gasteiger partial charge in [0.15, 0.2) is 5.01 Å². The average molecular weight is 350 g/mol. The van der Waals surface area contributed by atoms with Crippen LogP contribution in [-0.4, -0.2) is 16.1 Å². The van der Waals surface area contributed by atoms with E-state index in [9.17, 15) is 14.4 Å². The lowest BCUT2D eigenvalue weighted by Crippen LogP contribution is -2.11. The Balaban J connectivity index is 1.79. The van der Waals surface area contributed by atoms with E-state index in [0.717, 1.165) is 11.3 Å². The number of anilines is 1. The molecule has 0 fully saturated rings. The Morgan fingerprint density at radius 3 is 2.52 bits per heavy atom. The van der Waals surface area contributed by atoms with E-state index in [0.29, 0.717) is 21.3 Å². The number of halogens is 1. The van der Waals surface area contributed by atoms with E-state index in [1.807, 2.05) is 12.1 Å². The molecule has 0 saturated heterocycles. The summed E-state index contributed by atoms with van der Waals surface area (Å²) in [6, 6.07) is 16.5. The minimum atomic E-state index is -0.350. The van der Waals surface area contributed by atoms with Crippen molar-refractivity contribution in [2.24, 2.45) is 0 Å². The molecule has 2 aromatic carbocycles. The molecule has 0 spiro atoms. The minimum absolute atomic E-state index is 0.282. The maximum Gasteiger partial charge on any atom is 0.257 e. The summed E-state index contributed by atoms with van der Waals surface area (Å²) in [4.78, 5) is 12.1. The topological polar surface area (TPSA) is 78.7 Å². The van der Waals surface area contributed by atoms with Gasteiger partial charge in [0, 0.05) is 5.56 Å². The van der Waals surface area contributed by atoms with Gasteiger partial charge in [-0.05, 0) is 35.9 Å². The number of aromatic nitrogens is 2. The van der Waals surface area contributed by atoms with Crippen molar-refractivity contribution in [3.8, 4) is 6.07 Å². The Kier molecular flexibility index (Phi) is 4.92. The maximum absolute atomic E-state index is 12.9. The third-order valence-electron chi connectivity index (χ3n) is 3.21. The zero-order chi connectivity index (χ0) is 17.6. The van der Waals surface area contributed by atoms with Gasteiger partial charge in [0.05, 0.1) is 5.57 Å². The Hall–Kier alpha value is -3.37. The number of hydrogen-bond acceptors (Lipinski definition) is 5. The summed E-state index contributed by atoms with van der Waals surface area (Å²) >= 11 is 1.09. The summed E-state index contributed by atoms with van der Waals surface area (Å²) in [5.41, 5.74) is 1.45. The first-order chi connectivity index (χ1) is 12.2. The van der Waals surface area contributed by atoms with Crippen LogP contribution in [-0.2, 0) is 0 Å². The van der Waals surface area contributed by atoms with Crippen molar-refractivity contribution in [3.05, 3.63) is 76.5 Å². The number of amides is 1. The van der Waals surface area contributed by atoms with Crippen LogP contribution in [0, 0.1) is 17.1 Å². The summed E-state index contributed by atoms with van der Waals surface area (Å²) in [5, 5.41) is 20.5. The van der Waals surface area contributed by atoms with Crippen molar-refractivity contribution in [3.63, 3.8) is 0 Å². The lowest BCUT2D eigenvalue weighted by atomic mass is 10.1. The molecule has 0 saturated carbocycles. The van der Waals surface area contributed by atoms with Crippen LogP contribution >= 0.6 is 11.3 Å². The van der Waals surface area contributed by atoms with Crippen molar-refractivity contribution in [2.75, 3.05) is 5.32 Å². The van der Waals surface area contributed by atoms with Crippen LogP contribution in [0.3, 0.4) is 0 Å². The van der Waals surface area contributed by atoms with Gasteiger partial charge in [0.1, 0.15) is 11.9 Å². The second-order valence-corrected chi connectivity index (χ2v) is 5.93. The van der Waals surface area contributed by atoms with Crippen LogP contribution < -0.4 is 5.32 Å². The first kappa shape index (κ1) is 16.5. The number of nitrogens with zero attached hydrogens (tertiary/aromatic N) is 3. The second kappa shape index (κ2) is 7.47. The van der Waals surface area contributed by atoms with Gasteiger partial charge in [-0.3, -0.25) is 10.1 Å². The van der Waals surface area contributed by atoms with E-state index in [2.05, 4.69) is 15.5 Å². The fourth-order valence-electron chi connectivity index (χ4n) is 2.01. The first-order valence-electron chi connectivity index (χ1n) is 7.23. The van der Waals surface area contributed by atoms with Crippen LogP contribution in [0.2, 0.25) is 0 Å². The summed E-state index contributed by atoms with van der Waals surface area (Å²) in [6.45, 7) is 0. The van der Waals surface area contributed by atoms with E-state index >= 15 is 0 Å². The molecule has 1 aromatic heterocycles. The molecule has 0 aliphatic rings. The predicted molar refractivity (Wildman–Crippen MR) is 94.2 cm³/mol. The normalized spacial score (nSPS) is 11.0. The molecule has 0 aliphatic carbocycles. The largest absolute Gasteiger partial charge is 0.296 e. The van der Waals surface area contributed by atoms with Gasteiger partial charge in [-0.15, -0.1) is 10.2 Å². The average Bonchev–Trinajstić information content (AvgIpc) is 3.10.